The van der Waals surface area contributed by atoms with Crippen LogP contribution in [-0.2, 0) is 12.7 Å². The molecule has 0 saturated carbocycles. The van der Waals surface area contributed by atoms with Crippen LogP contribution in [0.1, 0.15) is 16.7 Å². The maximum atomic E-state index is 12.8. The second-order valence-electron chi connectivity index (χ2n) is 6.79. The van der Waals surface area contributed by atoms with Gasteiger partial charge in [-0.05, 0) is 41.0 Å². The molecule has 1 aliphatic rings. The van der Waals surface area contributed by atoms with Gasteiger partial charge in [0.15, 0.2) is 6.23 Å². The Morgan fingerprint density at radius 1 is 0.931 bits per heavy atom. The van der Waals surface area contributed by atoms with Crippen molar-refractivity contribution in [3.05, 3.63) is 89.5 Å². The van der Waals surface area contributed by atoms with Gasteiger partial charge < -0.3 is 4.74 Å². The summed E-state index contributed by atoms with van der Waals surface area (Å²) >= 11 is 0. The van der Waals surface area contributed by atoms with Gasteiger partial charge in [-0.3, -0.25) is 10.3 Å². The molecule has 0 fully saturated rings. The van der Waals surface area contributed by atoms with Gasteiger partial charge in [-0.15, -0.1) is 0 Å². The minimum atomic E-state index is -4.34. The molecule has 148 valence electrons. The molecule has 1 heterocycles. The number of aliphatic imine (C=N–C) groups is 1. The van der Waals surface area contributed by atoms with Crippen molar-refractivity contribution in [3.8, 4) is 16.9 Å². The summed E-state index contributed by atoms with van der Waals surface area (Å²) in [6.45, 7) is 1.14. The van der Waals surface area contributed by atoms with Crippen LogP contribution >= 0.6 is 0 Å². The molecule has 1 atom stereocenters. The van der Waals surface area contributed by atoms with Crippen molar-refractivity contribution in [2.75, 3.05) is 6.54 Å². The maximum Gasteiger partial charge on any atom is 0.416 e. The second kappa shape index (κ2) is 8.09. The number of rotatable bonds is 4. The Morgan fingerprint density at radius 2 is 1.66 bits per heavy atom. The van der Waals surface area contributed by atoms with E-state index in [2.05, 4.69) is 10.3 Å². The zero-order chi connectivity index (χ0) is 20.3. The summed E-state index contributed by atoms with van der Waals surface area (Å²) in [5.74, 6) is 0.687. The van der Waals surface area contributed by atoms with Crippen molar-refractivity contribution < 1.29 is 17.9 Å². The topological polar surface area (TPSA) is 33.6 Å². The van der Waals surface area contributed by atoms with Crippen molar-refractivity contribution >= 4 is 6.21 Å². The van der Waals surface area contributed by atoms with Crippen molar-refractivity contribution in [1.82, 2.24) is 5.32 Å². The average molecular weight is 396 g/mol. The van der Waals surface area contributed by atoms with Gasteiger partial charge in [0.05, 0.1) is 12.1 Å². The molecule has 3 nitrogen and oxygen atoms in total. The molecule has 1 unspecified atom stereocenters. The van der Waals surface area contributed by atoms with E-state index in [9.17, 15) is 13.2 Å². The van der Waals surface area contributed by atoms with E-state index >= 15 is 0 Å². The van der Waals surface area contributed by atoms with Gasteiger partial charge in [-0.2, -0.15) is 13.2 Å². The van der Waals surface area contributed by atoms with Crippen LogP contribution in [0.25, 0.3) is 11.1 Å². The lowest BCUT2D eigenvalue weighted by Gasteiger charge is -2.18. The van der Waals surface area contributed by atoms with E-state index in [0.717, 1.165) is 28.8 Å². The molecule has 0 saturated heterocycles. The minimum Gasteiger partial charge on any atom is -0.473 e. The SMILES string of the molecule is FC(F)(F)c1ccc(-c2ccc3c(c2)C=NCC(NCc2ccccc2)O3)cc1. The van der Waals surface area contributed by atoms with E-state index in [1.54, 1.807) is 6.21 Å². The summed E-state index contributed by atoms with van der Waals surface area (Å²) in [4.78, 5) is 4.43. The third kappa shape index (κ3) is 4.66. The molecule has 0 radical (unpaired) electrons. The Morgan fingerprint density at radius 3 is 2.38 bits per heavy atom. The van der Waals surface area contributed by atoms with Crippen molar-refractivity contribution in [1.29, 1.82) is 0 Å². The molecule has 1 N–H and O–H groups in total. The predicted octanol–water partition coefficient (Wildman–Crippen LogP) is 5.30. The summed E-state index contributed by atoms with van der Waals surface area (Å²) in [6.07, 6.45) is -2.86. The first-order chi connectivity index (χ1) is 14.0. The zero-order valence-corrected chi connectivity index (χ0v) is 15.5. The highest BCUT2D eigenvalue weighted by Crippen LogP contribution is 2.32. The molecule has 6 heteroatoms. The van der Waals surface area contributed by atoms with E-state index in [4.69, 9.17) is 4.74 Å². The van der Waals surface area contributed by atoms with Crippen LogP contribution < -0.4 is 10.1 Å². The zero-order valence-electron chi connectivity index (χ0n) is 15.5. The van der Waals surface area contributed by atoms with Crippen molar-refractivity contribution in [3.63, 3.8) is 0 Å². The number of alkyl halides is 3. The molecular formula is C23H19F3N2O. The molecule has 0 amide bonds. The molecule has 29 heavy (non-hydrogen) atoms. The molecule has 1 aliphatic heterocycles. The standard InChI is InChI=1S/C23H19F3N2O/c24-23(25,26)20-9-6-17(7-10-20)18-8-11-21-19(12-18)14-27-15-22(29-21)28-13-16-4-2-1-3-5-16/h1-12,14,22,28H,13,15H2. The molecule has 0 aliphatic carbocycles. The summed E-state index contributed by atoms with van der Waals surface area (Å²) in [5, 5.41) is 3.34. The third-order valence-corrected chi connectivity index (χ3v) is 4.70. The average Bonchev–Trinajstić information content (AvgIpc) is 2.94. The number of fused-ring (bicyclic) bond motifs is 1. The van der Waals surface area contributed by atoms with Gasteiger partial charge in [-0.25, -0.2) is 0 Å². The molecule has 0 aromatic heterocycles. The van der Waals surface area contributed by atoms with E-state index < -0.39 is 11.7 Å². The maximum absolute atomic E-state index is 12.8. The molecule has 0 spiro atoms. The summed E-state index contributed by atoms with van der Waals surface area (Å²) in [7, 11) is 0. The summed E-state index contributed by atoms with van der Waals surface area (Å²) in [6, 6.07) is 20.7. The number of nitrogens with zero attached hydrogens (tertiary/aromatic N) is 1. The fourth-order valence-corrected chi connectivity index (χ4v) is 3.16. The first kappa shape index (κ1) is 19.2. The highest BCUT2D eigenvalue weighted by Gasteiger charge is 2.30. The van der Waals surface area contributed by atoms with Gasteiger partial charge in [0.2, 0.25) is 0 Å². The molecule has 3 aromatic rings. The van der Waals surface area contributed by atoms with E-state index in [1.807, 2.05) is 48.5 Å². The minimum absolute atomic E-state index is 0.260. The number of benzene rings is 3. The van der Waals surface area contributed by atoms with E-state index in [0.29, 0.717) is 24.4 Å². The van der Waals surface area contributed by atoms with Gasteiger partial charge in [0.1, 0.15) is 5.75 Å². The highest BCUT2D eigenvalue weighted by atomic mass is 19.4. The number of nitrogens with one attached hydrogen (secondary N) is 1. The molecule has 3 aromatic carbocycles. The Hall–Kier alpha value is -3.12. The quantitative estimate of drug-likeness (QED) is 0.649. The van der Waals surface area contributed by atoms with Crippen molar-refractivity contribution in [2.45, 2.75) is 18.9 Å². The molecule has 0 bridgehead atoms. The van der Waals surface area contributed by atoms with Crippen LogP contribution in [0.2, 0.25) is 0 Å². The number of halogens is 3. The van der Waals surface area contributed by atoms with Crippen LogP contribution in [-0.4, -0.2) is 19.0 Å². The monoisotopic (exact) mass is 396 g/mol. The lowest BCUT2D eigenvalue weighted by molar-refractivity contribution is -0.137. The van der Waals surface area contributed by atoms with Gasteiger partial charge in [-0.1, -0.05) is 48.5 Å². The predicted molar refractivity (Wildman–Crippen MR) is 107 cm³/mol. The Bertz CT molecular complexity index is 999. The lowest BCUT2D eigenvalue weighted by atomic mass is 10.0. The second-order valence-corrected chi connectivity index (χ2v) is 6.79. The lowest BCUT2D eigenvalue weighted by Crippen LogP contribution is -2.36. The van der Waals surface area contributed by atoms with Crippen LogP contribution in [0, 0.1) is 0 Å². The molecular weight excluding hydrogens is 377 g/mol. The Kier molecular flexibility index (Phi) is 5.36. The van der Waals surface area contributed by atoms with Crippen LogP contribution in [0.4, 0.5) is 13.2 Å². The fourth-order valence-electron chi connectivity index (χ4n) is 3.16. The normalized spacial score (nSPS) is 16.0. The van der Waals surface area contributed by atoms with Crippen LogP contribution in [0.5, 0.6) is 5.75 Å². The number of hydrogen-bond donors (Lipinski definition) is 1. The Balaban J connectivity index is 1.49. The highest BCUT2D eigenvalue weighted by molar-refractivity contribution is 5.86. The Labute approximate surface area is 166 Å². The van der Waals surface area contributed by atoms with Gasteiger partial charge >= 0.3 is 6.18 Å². The smallest absolute Gasteiger partial charge is 0.416 e. The fraction of sp³-hybridized carbons (Fsp3) is 0.174. The summed E-state index contributed by atoms with van der Waals surface area (Å²) in [5.41, 5.74) is 2.81. The largest absolute Gasteiger partial charge is 0.473 e. The van der Waals surface area contributed by atoms with Crippen LogP contribution in [0.15, 0.2) is 77.8 Å². The third-order valence-electron chi connectivity index (χ3n) is 4.70. The van der Waals surface area contributed by atoms with Crippen LogP contribution in [0.3, 0.4) is 0 Å². The first-order valence-corrected chi connectivity index (χ1v) is 9.24. The first-order valence-electron chi connectivity index (χ1n) is 9.24. The van der Waals surface area contributed by atoms with E-state index in [-0.39, 0.29) is 6.23 Å². The number of ether oxygens (including phenoxy) is 1. The van der Waals surface area contributed by atoms with E-state index in [1.165, 1.54) is 12.1 Å². The summed E-state index contributed by atoms with van der Waals surface area (Å²) < 4.78 is 44.3. The molecule has 4 rings (SSSR count). The van der Waals surface area contributed by atoms with Crippen molar-refractivity contribution in [2.24, 2.45) is 4.99 Å². The van der Waals surface area contributed by atoms with Gasteiger partial charge in [0.25, 0.3) is 0 Å². The number of hydrogen-bond acceptors (Lipinski definition) is 3. The van der Waals surface area contributed by atoms with Gasteiger partial charge in [0, 0.05) is 18.3 Å².